The smallest absolute Gasteiger partial charge is 0.321 e. The molecule has 0 aliphatic heterocycles. The Bertz CT molecular complexity index is 546. The van der Waals surface area contributed by atoms with Gasteiger partial charge in [0, 0.05) is 23.7 Å². The maximum Gasteiger partial charge on any atom is 0.321 e. The van der Waals surface area contributed by atoms with E-state index >= 15 is 0 Å². The van der Waals surface area contributed by atoms with E-state index in [0.717, 1.165) is 11.5 Å². The van der Waals surface area contributed by atoms with Gasteiger partial charge in [0.05, 0.1) is 12.2 Å². The van der Waals surface area contributed by atoms with Crippen LogP contribution in [0.3, 0.4) is 0 Å². The summed E-state index contributed by atoms with van der Waals surface area (Å²) in [4.78, 5) is 23.1. The van der Waals surface area contributed by atoms with Gasteiger partial charge >= 0.3 is 6.03 Å². The molecule has 0 aromatic carbocycles. The summed E-state index contributed by atoms with van der Waals surface area (Å²) in [5.74, 6) is 1.32. The Morgan fingerprint density at radius 2 is 2.42 bits per heavy atom. The molecule has 1 aliphatic rings. The molecule has 3 N–H and O–H groups in total. The predicted molar refractivity (Wildman–Crippen MR) is 73.2 cm³/mol. The van der Waals surface area contributed by atoms with Crippen molar-refractivity contribution in [2.45, 2.75) is 31.7 Å². The van der Waals surface area contributed by atoms with E-state index in [-0.39, 0.29) is 6.03 Å². The third kappa shape index (κ3) is 2.93. The lowest BCUT2D eigenvalue weighted by Crippen LogP contribution is -2.28. The Morgan fingerprint density at radius 1 is 1.53 bits per heavy atom. The van der Waals surface area contributed by atoms with Crippen molar-refractivity contribution in [2.75, 3.05) is 5.32 Å². The maximum atomic E-state index is 11.7. The number of aromatic amines is 1. The van der Waals surface area contributed by atoms with Crippen molar-refractivity contribution in [2.24, 2.45) is 0 Å². The molecule has 0 radical (unpaired) electrons. The SMILES string of the molecule is O=C(NCc1ncc[nH]1)Nc1nc(C2CCC2)cs1. The largest absolute Gasteiger partial charge is 0.347 e. The highest BCUT2D eigenvalue weighted by atomic mass is 32.1. The second-order valence-electron chi connectivity index (χ2n) is 4.55. The molecular weight excluding hydrogens is 262 g/mol. The Morgan fingerprint density at radius 3 is 3.11 bits per heavy atom. The molecule has 0 unspecified atom stereocenters. The lowest BCUT2D eigenvalue weighted by molar-refractivity contribution is 0.251. The molecule has 19 heavy (non-hydrogen) atoms. The van der Waals surface area contributed by atoms with Crippen molar-refractivity contribution in [3.05, 3.63) is 29.3 Å². The van der Waals surface area contributed by atoms with E-state index < -0.39 is 0 Å². The molecule has 100 valence electrons. The monoisotopic (exact) mass is 277 g/mol. The fraction of sp³-hybridized carbons (Fsp3) is 0.417. The number of thiazole rings is 1. The van der Waals surface area contributed by atoms with Crippen LogP contribution in [0.15, 0.2) is 17.8 Å². The first-order valence-corrected chi connectivity index (χ1v) is 7.18. The van der Waals surface area contributed by atoms with E-state index in [2.05, 4.69) is 25.6 Å². The second-order valence-corrected chi connectivity index (χ2v) is 5.41. The summed E-state index contributed by atoms with van der Waals surface area (Å²) < 4.78 is 0. The molecule has 2 heterocycles. The topological polar surface area (TPSA) is 82.7 Å². The van der Waals surface area contributed by atoms with E-state index in [4.69, 9.17) is 0 Å². The average molecular weight is 277 g/mol. The summed E-state index contributed by atoms with van der Waals surface area (Å²) >= 11 is 1.47. The van der Waals surface area contributed by atoms with Gasteiger partial charge in [-0.15, -0.1) is 11.3 Å². The highest BCUT2D eigenvalue weighted by Gasteiger charge is 2.22. The van der Waals surface area contributed by atoms with E-state index in [1.165, 1.54) is 30.6 Å². The number of hydrogen-bond acceptors (Lipinski definition) is 4. The van der Waals surface area contributed by atoms with Gasteiger partial charge in [0.2, 0.25) is 0 Å². The van der Waals surface area contributed by atoms with Crippen molar-refractivity contribution in [1.29, 1.82) is 0 Å². The number of carbonyl (C=O) groups excluding carboxylic acids is 1. The summed E-state index contributed by atoms with van der Waals surface area (Å²) in [6.45, 7) is 0.375. The molecule has 0 atom stereocenters. The zero-order valence-corrected chi connectivity index (χ0v) is 11.2. The van der Waals surface area contributed by atoms with Gasteiger partial charge in [0.25, 0.3) is 0 Å². The number of hydrogen-bond donors (Lipinski definition) is 3. The molecule has 3 rings (SSSR count). The zero-order valence-electron chi connectivity index (χ0n) is 10.3. The molecule has 2 aromatic heterocycles. The predicted octanol–water partition coefficient (Wildman–Crippen LogP) is 2.46. The van der Waals surface area contributed by atoms with Crippen molar-refractivity contribution in [1.82, 2.24) is 20.3 Å². The molecule has 2 amide bonds. The molecule has 1 fully saturated rings. The van der Waals surface area contributed by atoms with Crippen LogP contribution in [0.2, 0.25) is 0 Å². The summed E-state index contributed by atoms with van der Waals surface area (Å²) in [7, 11) is 0. The van der Waals surface area contributed by atoms with Crippen molar-refractivity contribution >= 4 is 22.5 Å². The van der Waals surface area contributed by atoms with E-state index in [1.54, 1.807) is 12.4 Å². The fourth-order valence-corrected chi connectivity index (χ4v) is 2.72. The molecule has 1 aliphatic carbocycles. The Balaban J connectivity index is 1.49. The Hall–Kier alpha value is -1.89. The number of imidazole rings is 1. The summed E-state index contributed by atoms with van der Waals surface area (Å²) in [5, 5.41) is 8.15. The van der Waals surface area contributed by atoms with Crippen LogP contribution in [0.1, 0.15) is 36.7 Å². The molecule has 0 bridgehead atoms. The molecular formula is C12H15N5OS. The van der Waals surface area contributed by atoms with E-state index in [9.17, 15) is 4.79 Å². The van der Waals surface area contributed by atoms with Gasteiger partial charge in [-0.2, -0.15) is 0 Å². The third-order valence-corrected chi connectivity index (χ3v) is 4.01. The quantitative estimate of drug-likeness (QED) is 0.802. The third-order valence-electron chi connectivity index (χ3n) is 3.24. The van der Waals surface area contributed by atoms with Crippen LogP contribution < -0.4 is 10.6 Å². The van der Waals surface area contributed by atoms with Crippen LogP contribution in [0.25, 0.3) is 0 Å². The molecule has 0 spiro atoms. The number of H-pyrrole nitrogens is 1. The van der Waals surface area contributed by atoms with E-state index in [1.807, 2.05) is 5.38 Å². The number of nitrogens with one attached hydrogen (secondary N) is 3. The van der Waals surface area contributed by atoms with Gasteiger partial charge in [0.15, 0.2) is 5.13 Å². The van der Waals surface area contributed by atoms with Crippen LogP contribution in [-0.4, -0.2) is 21.0 Å². The minimum Gasteiger partial charge on any atom is -0.347 e. The number of aromatic nitrogens is 3. The van der Waals surface area contributed by atoms with Crippen molar-refractivity contribution in [3.8, 4) is 0 Å². The second kappa shape index (κ2) is 5.40. The fourth-order valence-electron chi connectivity index (χ4n) is 1.94. The Labute approximate surface area is 114 Å². The molecule has 2 aromatic rings. The highest BCUT2D eigenvalue weighted by Crippen LogP contribution is 2.37. The minimum absolute atomic E-state index is 0.258. The summed E-state index contributed by atoms with van der Waals surface area (Å²) in [6, 6.07) is -0.258. The minimum atomic E-state index is -0.258. The van der Waals surface area contributed by atoms with Gasteiger partial charge in [0.1, 0.15) is 5.82 Å². The summed E-state index contributed by atoms with van der Waals surface area (Å²) in [5.41, 5.74) is 1.11. The van der Waals surface area contributed by atoms with E-state index in [0.29, 0.717) is 17.6 Å². The zero-order chi connectivity index (χ0) is 13.1. The van der Waals surface area contributed by atoms with Gasteiger partial charge < -0.3 is 10.3 Å². The van der Waals surface area contributed by atoms with Gasteiger partial charge in [-0.3, -0.25) is 5.32 Å². The molecule has 6 nitrogen and oxygen atoms in total. The first-order chi connectivity index (χ1) is 9.31. The number of anilines is 1. The molecule has 0 saturated heterocycles. The molecule has 1 saturated carbocycles. The van der Waals surface area contributed by atoms with Crippen molar-refractivity contribution < 1.29 is 4.79 Å². The van der Waals surface area contributed by atoms with Crippen LogP contribution in [0.4, 0.5) is 9.93 Å². The van der Waals surface area contributed by atoms with Crippen LogP contribution in [0, 0.1) is 0 Å². The first kappa shape index (κ1) is 12.2. The lowest BCUT2D eigenvalue weighted by Gasteiger charge is -2.22. The molecule has 7 heteroatoms. The van der Waals surface area contributed by atoms with Gasteiger partial charge in [-0.05, 0) is 12.8 Å². The first-order valence-electron chi connectivity index (χ1n) is 6.30. The van der Waals surface area contributed by atoms with Crippen LogP contribution >= 0.6 is 11.3 Å². The number of carbonyl (C=O) groups is 1. The summed E-state index contributed by atoms with van der Waals surface area (Å²) in [6.07, 6.45) is 7.09. The maximum absolute atomic E-state index is 11.7. The van der Waals surface area contributed by atoms with Crippen molar-refractivity contribution in [3.63, 3.8) is 0 Å². The number of amides is 2. The average Bonchev–Trinajstić information content (AvgIpc) is 2.96. The number of rotatable bonds is 4. The van der Waals surface area contributed by atoms with Crippen LogP contribution in [-0.2, 0) is 6.54 Å². The highest BCUT2D eigenvalue weighted by molar-refractivity contribution is 7.13. The lowest BCUT2D eigenvalue weighted by atomic mass is 9.83. The van der Waals surface area contributed by atoms with Gasteiger partial charge in [-0.25, -0.2) is 14.8 Å². The van der Waals surface area contributed by atoms with Gasteiger partial charge in [-0.1, -0.05) is 6.42 Å². The number of urea groups is 1. The Kier molecular flexibility index (Phi) is 3.45. The van der Waals surface area contributed by atoms with Crippen LogP contribution in [0.5, 0.6) is 0 Å². The normalized spacial score (nSPS) is 14.9. The standard InChI is InChI=1S/C12H15N5OS/c18-11(15-6-10-13-4-5-14-10)17-12-16-9(7-19-12)8-2-1-3-8/h4-5,7-8H,1-3,6H2,(H,13,14)(H2,15,16,17,18). The number of nitrogens with zero attached hydrogens (tertiary/aromatic N) is 2.